The first-order valence-electron chi connectivity index (χ1n) is 20.3. The van der Waals surface area contributed by atoms with Gasteiger partial charge in [0.05, 0.1) is 13.3 Å². The number of allylic oxidation sites excluding steroid dienone is 4. The van der Waals surface area contributed by atoms with Crippen molar-refractivity contribution in [1.29, 1.82) is 0 Å². The highest BCUT2D eigenvalue weighted by Crippen LogP contribution is 2.76. The molecule has 0 amide bonds. The third kappa shape index (κ3) is 5.79. The number of fused-ring (bicyclic) bond motifs is 7. The van der Waals surface area contributed by atoms with Crippen molar-refractivity contribution < 1.29 is 18.1 Å². The van der Waals surface area contributed by atoms with Crippen LogP contribution in [0.4, 0.5) is 4.39 Å². The molecule has 7 rings (SSSR count). The molecule has 5 nitrogen and oxygen atoms in total. The Labute approximate surface area is 299 Å². The van der Waals surface area contributed by atoms with E-state index in [9.17, 15) is 13.4 Å². The molecule has 276 valence electrons. The third-order valence-electron chi connectivity index (χ3n) is 16.8. The molecular weight excluding hydrogens is 632 g/mol. The predicted octanol–water partition coefficient (Wildman–Crippen LogP) is 8.41. The summed E-state index contributed by atoms with van der Waals surface area (Å²) in [6.45, 7) is 17.7. The van der Waals surface area contributed by atoms with E-state index in [0.717, 1.165) is 50.1 Å². The number of esters is 1. The monoisotopic (exact) mass is 698 g/mol. The van der Waals surface area contributed by atoms with E-state index >= 15 is 0 Å². The van der Waals surface area contributed by atoms with E-state index in [1.807, 2.05) is 6.92 Å². The lowest BCUT2D eigenvalue weighted by Gasteiger charge is -2.72. The number of ether oxygens (including phenoxy) is 1. The van der Waals surface area contributed by atoms with E-state index in [1.165, 1.54) is 69.8 Å². The lowest BCUT2D eigenvalue weighted by Crippen LogP contribution is -2.67. The standard InChI is InChI=1S/C42H67FN2O3S/c1-7-48-37(46)34-28-49(47)26-25-45(34)24-23-44-42-18-8-9-33(42)32-14-15-36-39(4)19-16-31(30-12-10-29(27-43)11-13-30)38(2,3)35(39)17-20-41(36,6)40(32,5)21-22-42/h12,16,29,32-36,44H,7-11,13-15,17-28H2,1-6H3/t29?,32?,33-,34?,35?,36?,39?,40-,41?,42?,49?/m1/s1. The van der Waals surface area contributed by atoms with E-state index < -0.39 is 10.8 Å². The quantitative estimate of drug-likeness (QED) is 0.258. The number of rotatable bonds is 8. The van der Waals surface area contributed by atoms with Crippen molar-refractivity contribution in [2.75, 3.05) is 44.4 Å². The molecule has 49 heavy (non-hydrogen) atoms. The molecule has 7 aliphatic rings. The Kier molecular flexibility index (Phi) is 9.94. The summed E-state index contributed by atoms with van der Waals surface area (Å²) in [5.41, 5.74) is 4.54. The minimum atomic E-state index is -0.943. The number of hydrogen-bond acceptors (Lipinski definition) is 5. The second-order valence-corrected chi connectivity index (χ2v) is 20.6. The van der Waals surface area contributed by atoms with Gasteiger partial charge in [-0.15, -0.1) is 0 Å². The first-order chi connectivity index (χ1) is 23.3. The Balaban J connectivity index is 1.07. The van der Waals surface area contributed by atoms with Crippen LogP contribution in [0.5, 0.6) is 0 Å². The molecule has 5 fully saturated rings. The Morgan fingerprint density at radius 3 is 2.53 bits per heavy atom. The molecule has 0 aromatic heterocycles. The van der Waals surface area contributed by atoms with E-state index in [-0.39, 0.29) is 35.6 Å². The number of carbonyl (C=O) groups is 1. The predicted molar refractivity (Wildman–Crippen MR) is 198 cm³/mol. The van der Waals surface area contributed by atoms with Gasteiger partial charge in [0, 0.05) is 47.5 Å². The molecule has 1 N–H and O–H groups in total. The molecule has 1 aliphatic heterocycles. The number of halogens is 1. The van der Waals surface area contributed by atoms with Gasteiger partial charge in [0.15, 0.2) is 0 Å². The van der Waals surface area contributed by atoms with Crippen LogP contribution in [0.15, 0.2) is 23.3 Å². The largest absolute Gasteiger partial charge is 0.465 e. The lowest BCUT2D eigenvalue weighted by molar-refractivity contribution is -0.218. The summed E-state index contributed by atoms with van der Waals surface area (Å²) in [6.07, 6.45) is 21.2. The van der Waals surface area contributed by atoms with Crippen molar-refractivity contribution in [3.05, 3.63) is 23.3 Å². The van der Waals surface area contributed by atoms with Gasteiger partial charge in [-0.05, 0) is 146 Å². The minimum Gasteiger partial charge on any atom is -0.465 e. The average molecular weight is 699 g/mol. The lowest BCUT2D eigenvalue weighted by atomic mass is 9.33. The fourth-order valence-corrected chi connectivity index (χ4v) is 15.5. The van der Waals surface area contributed by atoms with Crippen LogP contribution < -0.4 is 5.32 Å². The Hall–Kier alpha value is -1.05. The highest BCUT2D eigenvalue weighted by Gasteiger charge is 2.69. The van der Waals surface area contributed by atoms with Crippen LogP contribution in [0.25, 0.3) is 0 Å². The van der Waals surface area contributed by atoms with Gasteiger partial charge in [0.1, 0.15) is 6.04 Å². The topological polar surface area (TPSA) is 58.6 Å². The van der Waals surface area contributed by atoms with Gasteiger partial charge in [-0.2, -0.15) is 0 Å². The molecule has 0 bridgehead atoms. The van der Waals surface area contributed by atoms with Crippen molar-refractivity contribution >= 4 is 16.8 Å². The normalized spacial score (nSPS) is 46.4. The van der Waals surface area contributed by atoms with Crippen molar-refractivity contribution in [2.45, 2.75) is 137 Å². The average Bonchev–Trinajstić information content (AvgIpc) is 3.50. The molecule has 0 radical (unpaired) electrons. The molecule has 9 unspecified atom stereocenters. The SMILES string of the molecule is CCOC(=O)C1CS(=O)CCN1CCNC12CCC[C@@H]1C1CCC3C4(C)CC=C(C5=CCC(CF)CC5)C(C)(C)C4CCC3(C)[C@]1(C)CC2. The number of nitrogens with zero attached hydrogens (tertiary/aromatic N) is 1. The molecule has 1 saturated heterocycles. The molecule has 6 aliphatic carbocycles. The minimum absolute atomic E-state index is 0.160. The van der Waals surface area contributed by atoms with Crippen molar-refractivity contribution in [3.63, 3.8) is 0 Å². The summed E-state index contributed by atoms with van der Waals surface area (Å²) in [6, 6.07) is -0.377. The molecule has 0 spiro atoms. The van der Waals surface area contributed by atoms with Gasteiger partial charge in [-0.25, -0.2) is 0 Å². The van der Waals surface area contributed by atoms with Gasteiger partial charge in [-0.1, -0.05) is 53.2 Å². The molecule has 11 atom stereocenters. The van der Waals surface area contributed by atoms with E-state index in [4.69, 9.17) is 4.74 Å². The highest BCUT2D eigenvalue weighted by molar-refractivity contribution is 7.85. The zero-order valence-electron chi connectivity index (χ0n) is 31.7. The Bertz CT molecular complexity index is 1360. The zero-order valence-corrected chi connectivity index (χ0v) is 32.5. The maximum absolute atomic E-state index is 13.4. The van der Waals surface area contributed by atoms with Crippen molar-refractivity contribution in [1.82, 2.24) is 10.2 Å². The fourth-order valence-electron chi connectivity index (χ4n) is 14.2. The second kappa shape index (κ2) is 13.4. The molecular formula is C42H67FN2O3S. The Morgan fingerprint density at radius 2 is 1.80 bits per heavy atom. The Morgan fingerprint density at radius 1 is 0.980 bits per heavy atom. The first-order valence-corrected chi connectivity index (χ1v) is 21.8. The smallest absolute Gasteiger partial charge is 0.324 e. The van der Waals surface area contributed by atoms with Gasteiger partial charge in [0.25, 0.3) is 0 Å². The molecule has 1 heterocycles. The van der Waals surface area contributed by atoms with Gasteiger partial charge >= 0.3 is 5.97 Å². The number of hydrogen-bond donors (Lipinski definition) is 1. The molecule has 7 heteroatoms. The summed E-state index contributed by atoms with van der Waals surface area (Å²) in [5.74, 6) is 4.00. The van der Waals surface area contributed by atoms with Crippen LogP contribution in [-0.4, -0.2) is 71.1 Å². The summed E-state index contributed by atoms with van der Waals surface area (Å²) >= 11 is 0. The second-order valence-electron chi connectivity index (χ2n) is 18.9. The van der Waals surface area contributed by atoms with Crippen LogP contribution in [0.1, 0.15) is 125 Å². The van der Waals surface area contributed by atoms with Crippen LogP contribution in [0.2, 0.25) is 0 Å². The van der Waals surface area contributed by atoms with Crippen LogP contribution in [0, 0.1) is 51.2 Å². The summed E-state index contributed by atoms with van der Waals surface area (Å²) in [4.78, 5) is 15.0. The van der Waals surface area contributed by atoms with Crippen LogP contribution in [-0.2, 0) is 20.3 Å². The third-order valence-corrected chi connectivity index (χ3v) is 18.2. The van der Waals surface area contributed by atoms with Gasteiger partial charge in [0.2, 0.25) is 0 Å². The highest BCUT2D eigenvalue weighted by atomic mass is 32.2. The molecule has 4 saturated carbocycles. The summed E-state index contributed by atoms with van der Waals surface area (Å²) in [7, 11) is -0.943. The molecule has 0 aromatic rings. The van der Waals surface area contributed by atoms with Gasteiger partial charge in [-0.3, -0.25) is 18.3 Å². The number of carbonyl (C=O) groups excluding carboxylic acids is 1. The van der Waals surface area contributed by atoms with E-state index in [1.54, 1.807) is 5.57 Å². The van der Waals surface area contributed by atoms with E-state index in [0.29, 0.717) is 46.8 Å². The fraction of sp³-hybridized carbons (Fsp3) is 0.881. The van der Waals surface area contributed by atoms with Crippen LogP contribution in [0.3, 0.4) is 0 Å². The van der Waals surface area contributed by atoms with Crippen molar-refractivity contribution in [3.8, 4) is 0 Å². The first kappa shape index (κ1) is 36.3. The van der Waals surface area contributed by atoms with Crippen molar-refractivity contribution in [2.24, 2.45) is 51.2 Å². The molecule has 0 aromatic carbocycles. The van der Waals surface area contributed by atoms with E-state index in [2.05, 4.69) is 57.0 Å². The number of alkyl halides is 1. The maximum atomic E-state index is 13.4. The summed E-state index contributed by atoms with van der Waals surface area (Å²) < 4.78 is 31.2. The maximum Gasteiger partial charge on any atom is 0.324 e. The van der Waals surface area contributed by atoms with Gasteiger partial charge < -0.3 is 10.1 Å². The number of nitrogens with one attached hydrogen (secondary N) is 1. The summed E-state index contributed by atoms with van der Waals surface area (Å²) in [5, 5.41) is 4.18. The zero-order chi connectivity index (χ0) is 34.8. The van der Waals surface area contributed by atoms with Crippen LogP contribution >= 0.6 is 0 Å².